The zero-order valence-corrected chi connectivity index (χ0v) is 11.4. The van der Waals surface area contributed by atoms with Crippen LogP contribution in [0.4, 0.5) is 15.8 Å². The van der Waals surface area contributed by atoms with Gasteiger partial charge in [-0.15, -0.1) is 11.3 Å². The number of nitro groups is 1. The first-order valence-electron chi connectivity index (χ1n) is 4.97. The second kappa shape index (κ2) is 5.45. The molecule has 0 saturated heterocycles. The molecule has 2 aromatic rings. The monoisotopic (exact) mass is 330 g/mol. The number of rotatable bonds is 4. The van der Waals surface area contributed by atoms with Crippen LogP contribution in [0.25, 0.3) is 0 Å². The van der Waals surface area contributed by atoms with Crippen LogP contribution in [0.2, 0.25) is 0 Å². The lowest BCUT2D eigenvalue weighted by Crippen LogP contribution is -2.01. The molecule has 0 saturated carbocycles. The van der Waals surface area contributed by atoms with Crippen molar-refractivity contribution < 1.29 is 9.31 Å². The van der Waals surface area contributed by atoms with Crippen LogP contribution in [-0.2, 0) is 6.54 Å². The predicted molar refractivity (Wildman–Crippen MR) is 72.4 cm³/mol. The minimum atomic E-state index is -0.536. The maximum absolute atomic E-state index is 13.1. The van der Waals surface area contributed by atoms with E-state index in [9.17, 15) is 14.5 Å². The summed E-state index contributed by atoms with van der Waals surface area (Å²) in [6.45, 7) is 0.417. The van der Waals surface area contributed by atoms with Gasteiger partial charge in [-0.05, 0) is 28.1 Å². The maximum Gasteiger partial charge on any atom is 0.292 e. The summed E-state index contributed by atoms with van der Waals surface area (Å²) in [5, 5.41) is 15.6. The molecule has 0 aliphatic rings. The molecule has 0 amide bonds. The Balaban J connectivity index is 2.17. The molecular weight excluding hydrogens is 323 g/mol. The third kappa shape index (κ3) is 3.05. The molecule has 0 aliphatic carbocycles. The molecule has 0 fully saturated rings. The highest BCUT2D eigenvalue weighted by atomic mass is 79.9. The molecule has 7 heteroatoms. The Morgan fingerprint density at radius 2 is 2.22 bits per heavy atom. The van der Waals surface area contributed by atoms with Crippen molar-refractivity contribution in [3.8, 4) is 0 Å². The van der Waals surface area contributed by atoms with E-state index in [-0.39, 0.29) is 11.4 Å². The average molecular weight is 331 g/mol. The second-order valence-electron chi connectivity index (χ2n) is 3.50. The van der Waals surface area contributed by atoms with Crippen molar-refractivity contribution in [2.45, 2.75) is 6.54 Å². The lowest BCUT2D eigenvalue weighted by atomic mass is 10.2. The fourth-order valence-electron chi connectivity index (χ4n) is 1.44. The van der Waals surface area contributed by atoms with Gasteiger partial charge in [0.1, 0.15) is 11.5 Å². The largest absolute Gasteiger partial charge is 0.375 e. The molecule has 1 aromatic heterocycles. The van der Waals surface area contributed by atoms with Gasteiger partial charge in [0.15, 0.2) is 0 Å². The quantitative estimate of drug-likeness (QED) is 0.676. The zero-order chi connectivity index (χ0) is 13.1. The molecule has 0 aliphatic heterocycles. The summed E-state index contributed by atoms with van der Waals surface area (Å²) in [4.78, 5) is 11.3. The van der Waals surface area contributed by atoms with E-state index in [1.807, 2.05) is 11.4 Å². The molecule has 1 aromatic carbocycles. The van der Waals surface area contributed by atoms with Crippen LogP contribution >= 0.6 is 27.3 Å². The summed E-state index contributed by atoms with van der Waals surface area (Å²) >= 11 is 4.84. The Kier molecular flexibility index (Phi) is 3.93. The summed E-state index contributed by atoms with van der Waals surface area (Å²) in [6.07, 6.45) is 0. The summed E-state index contributed by atoms with van der Waals surface area (Å²) < 4.78 is 14.0. The van der Waals surface area contributed by atoms with E-state index in [4.69, 9.17) is 0 Å². The minimum Gasteiger partial charge on any atom is -0.375 e. The molecule has 4 nitrogen and oxygen atoms in total. The summed E-state index contributed by atoms with van der Waals surface area (Å²) in [6, 6.07) is 5.26. The van der Waals surface area contributed by atoms with Crippen molar-refractivity contribution in [3.63, 3.8) is 0 Å². The van der Waals surface area contributed by atoms with Gasteiger partial charge in [0.05, 0.1) is 4.92 Å². The van der Waals surface area contributed by atoms with Gasteiger partial charge in [-0.2, -0.15) is 0 Å². The fraction of sp³-hybridized carbons (Fsp3) is 0.0909. The molecule has 0 bridgehead atoms. The molecule has 1 N–H and O–H groups in total. The lowest BCUT2D eigenvalue weighted by molar-refractivity contribution is -0.384. The molecule has 0 spiro atoms. The lowest BCUT2D eigenvalue weighted by Gasteiger charge is -2.05. The summed E-state index contributed by atoms with van der Waals surface area (Å²) in [7, 11) is 0. The third-order valence-electron chi connectivity index (χ3n) is 2.23. The van der Waals surface area contributed by atoms with Gasteiger partial charge in [-0.1, -0.05) is 0 Å². The van der Waals surface area contributed by atoms with Crippen molar-refractivity contribution >= 4 is 38.6 Å². The van der Waals surface area contributed by atoms with Gasteiger partial charge in [-0.25, -0.2) is 4.39 Å². The Morgan fingerprint density at radius 1 is 1.44 bits per heavy atom. The molecule has 94 valence electrons. The standard InChI is InChI=1S/C11H8BrFN2O2S/c12-7-3-9(18-6-7)5-14-10-4-8(13)1-2-11(10)15(16)17/h1-4,6,14H,5H2. The number of halogens is 2. The topological polar surface area (TPSA) is 55.2 Å². The van der Waals surface area contributed by atoms with Gasteiger partial charge < -0.3 is 5.32 Å². The molecular formula is C11H8BrFN2O2S. The van der Waals surface area contributed by atoms with Gasteiger partial charge >= 0.3 is 0 Å². The van der Waals surface area contributed by atoms with Crippen LogP contribution in [0.15, 0.2) is 34.1 Å². The highest BCUT2D eigenvalue weighted by molar-refractivity contribution is 9.10. The Morgan fingerprint density at radius 3 is 2.83 bits per heavy atom. The van der Waals surface area contributed by atoms with E-state index >= 15 is 0 Å². The summed E-state index contributed by atoms with van der Waals surface area (Å²) in [5.41, 5.74) is 0.0524. The van der Waals surface area contributed by atoms with Crippen molar-refractivity contribution in [2.75, 3.05) is 5.32 Å². The van der Waals surface area contributed by atoms with Gasteiger partial charge in [0.25, 0.3) is 5.69 Å². The molecule has 0 atom stereocenters. The van der Waals surface area contributed by atoms with Crippen LogP contribution in [0.5, 0.6) is 0 Å². The molecule has 0 radical (unpaired) electrons. The van der Waals surface area contributed by atoms with Crippen LogP contribution < -0.4 is 5.32 Å². The van der Waals surface area contributed by atoms with E-state index in [1.54, 1.807) is 0 Å². The minimum absolute atomic E-state index is 0.132. The number of benzene rings is 1. The number of hydrogen-bond acceptors (Lipinski definition) is 4. The number of nitrogens with one attached hydrogen (secondary N) is 1. The molecule has 2 rings (SSSR count). The predicted octanol–water partition coefficient (Wildman–Crippen LogP) is 4.17. The van der Waals surface area contributed by atoms with E-state index in [0.717, 1.165) is 27.5 Å². The summed E-state index contributed by atoms with van der Waals surface area (Å²) in [5.74, 6) is -0.504. The number of nitro benzene ring substituents is 1. The van der Waals surface area contributed by atoms with Crippen molar-refractivity contribution in [1.82, 2.24) is 0 Å². The van der Waals surface area contributed by atoms with Crippen molar-refractivity contribution in [3.05, 3.63) is 54.9 Å². The second-order valence-corrected chi connectivity index (χ2v) is 5.41. The van der Waals surface area contributed by atoms with Crippen LogP contribution in [0, 0.1) is 15.9 Å². The van der Waals surface area contributed by atoms with Crippen LogP contribution in [0.1, 0.15) is 4.88 Å². The number of thiophene rings is 1. The van der Waals surface area contributed by atoms with Gasteiger partial charge in [0.2, 0.25) is 0 Å². The van der Waals surface area contributed by atoms with Crippen molar-refractivity contribution in [1.29, 1.82) is 0 Å². The van der Waals surface area contributed by atoms with Crippen molar-refractivity contribution in [2.24, 2.45) is 0 Å². The first kappa shape index (κ1) is 13.0. The number of hydrogen-bond donors (Lipinski definition) is 1. The highest BCUT2D eigenvalue weighted by Crippen LogP contribution is 2.27. The van der Waals surface area contributed by atoms with E-state index in [2.05, 4.69) is 21.2 Å². The van der Waals surface area contributed by atoms with Crippen LogP contribution in [0.3, 0.4) is 0 Å². The van der Waals surface area contributed by atoms with Crippen LogP contribution in [-0.4, -0.2) is 4.92 Å². The fourth-order valence-corrected chi connectivity index (χ4v) is 2.83. The normalized spacial score (nSPS) is 10.3. The smallest absolute Gasteiger partial charge is 0.292 e. The van der Waals surface area contributed by atoms with Gasteiger partial charge in [-0.3, -0.25) is 10.1 Å². The highest BCUT2D eigenvalue weighted by Gasteiger charge is 2.14. The zero-order valence-electron chi connectivity index (χ0n) is 9.02. The van der Waals surface area contributed by atoms with E-state index in [0.29, 0.717) is 6.54 Å². The number of anilines is 1. The first-order chi connectivity index (χ1) is 8.56. The first-order valence-corrected chi connectivity index (χ1v) is 6.64. The molecule has 1 heterocycles. The Bertz CT molecular complexity index is 588. The van der Waals surface area contributed by atoms with E-state index < -0.39 is 10.7 Å². The van der Waals surface area contributed by atoms with Gasteiger partial charge in [0, 0.05) is 33.4 Å². The Hall–Kier alpha value is -1.47. The molecule has 18 heavy (non-hydrogen) atoms. The maximum atomic E-state index is 13.1. The molecule has 0 unspecified atom stereocenters. The average Bonchev–Trinajstić information content (AvgIpc) is 2.72. The number of nitrogens with zero attached hydrogens (tertiary/aromatic N) is 1. The van der Waals surface area contributed by atoms with E-state index in [1.165, 1.54) is 11.3 Å². The Labute approximate surface area is 115 Å². The third-order valence-corrected chi connectivity index (χ3v) is 3.93. The SMILES string of the molecule is O=[N+]([O-])c1ccc(F)cc1NCc1cc(Br)cs1.